The van der Waals surface area contributed by atoms with Crippen LogP contribution in [0.1, 0.15) is 0 Å². The van der Waals surface area contributed by atoms with Gasteiger partial charge in [-0.15, -0.1) is 11.3 Å². The second-order valence-electron chi connectivity index (χ2n) is 5.49. The van der Waals surface area contributed by atoms with Crippen molar-refractivity contribution in [1.82, 2.24) is 4.57 Å². The molecule has 0 aliphatic rings. The molecule has 1 aromatic heterocycles. The Kier molecular flexibility index (Phi) is 8.16. The van der Waals surface area contributed by atoms with E-state index in [1.165, 1.54) is 23.5 Å². The van der Waals surface area contributed by atoms with Crippen molar-refractivity contribution in [2.75, 3.05) is 13.7 Å². The molecule has 0 fully saturated rings. The van der Waals surface area contributed by atoms with Crippen LogP contribution in [0.25, 0.3) is 11.3 Å². The molecule has 0 bridgehead atoms. The zero-order chi connectivity index (χ0) is 19.2. The number of hydrogen-bond acceptors (Lipinski definition) is 5. The van der Waals surface area contributed by atoms with Crippen LogP contribution >= 0.6 is 11.3 Å². The molecule has 2 aromatic carbocycles. The van der Waals surface area contributed by atoms with Crippen LogP contribution in [-0.2, 0) is 6.54 Å². The number of thiazole rings is 1. The summed E-state index contributed by atoms with van der Waals surface area (Å²) in [5.41, 5.74) is 2.50. The molecule has 0 saturated carbocycles. The molecule has 1 heterocycles. The zero-order valence-electron chi connectivity index (χ0n) is 14.9. The lowest BCUT2D eigenvalue weighted by molar-refractivity contribution is -0.0498. The largest absolute Gasteiger partial charge is 1.00 e. The highest BCUT2D eigenvalue weighted by molar-refractivity contribution is 7.07. The second-order valence-corrected chi connectivity index (χ2v) is 6.33. The van der Waals surface area contributed by atoms with Crippen LogP contribution in [0.15, 0.2) is 58.9 Å². The summed E-state index contributed by atoms with van der Waals surface area (Å²) in [7, 11) is 1.61. The van der Waals surface area contributed by atoms with Gasteiger partial charge in [0.25, 0.3) is 0 Å². The quantitative estimate of drug-likeness (QED) is 0.560. The van der Waals surface area contributed by atoms with Crippen molar-refractivity contribution in [3.8, 4) is 22.8 Å². The van der Waals surface area contributed by atoms with Crippen LogP contribution in [0.2, 0.25) is 0 Å². The molecule has 0 radical (unpaired) electrons. The number of benzene rings is 2. The first-order valence-corrected chi connectivity index (χ1v) is 9.02. The van der Waals surface area contributed by atoms with Gasteiger partial charge < -0.3 is 36.1 Å². The molecule has 0 amide bonds. The van der Waals surface area contributed by atoms with Gasteiger partial charge in [0.15, 0.2) is 4.80 Å². The summed E-state index contributed by atoms with van der Waals surface area (Å²) in [5.74, 6) is 0.844. The first-order chi connectivity index (χ1) is 13.1. The van der Waals surface area contributed by atoms with E-state index in [1.54, 1.807) is 19.2 Å². The van der Waals surface area contributed by atoms with E-state index in [1.807, 2.05) is 34.2 Å². The van der Waals surface area contributed by atoms with Crippen LogP contribution in [-0.4, -0.2) is 30.0 Å². The van der Waals surface area contributed by atoms with E-state index in [0.29, 0.717) is 17.0 Å². The van der Waals surface area contributed by atoms with Gasteiger partial charge in [0, 0.05) is 11.9 Å². The first kappa shape index (κ1) is 22.1. The standard InChI is InChI=1S/C19H18F2N2O3S.BrH/c1-25-15-6-2-13(3-7-15)17-12-27-19(23(17)10-11-24)22-14-4-8-16(9-5-14)26-18(20)21;/h2-9,12,18,24H,10-11H2,1H3;1H/p-1. The van der Waals surface area contributed by atoms with Gasteiger partial charge in [-0.05, 0) is 54.1 Å². The number of aromatic nitrogens is 1. The summed E-state index contributed by atoms with van der Waals surface area (Å²) in [6.45, 7) is -2.51. The third-order valence-corrected chi connectivity index (χ3v) is 4.66. The van der Waals surface area contributed by atoms with Gasteiger partial charge in [0.2, 0.25) is 0 Å². The smallest absolute Gasteiger partial charge is 0.387 e. The van der Waals surface area contributed by atoms with E-state index in [9.17, 15) is 13.9 Å². The van der Waals surface area contributed by atoms with Crippen LogP contribution in [0.4, 0.5) is 14.5 Å². The maximum atomic E-state index is 12.2. The molecule has 0 unspecified atom stereocenters. The minimum atomic E-state index is -2.86. The summed E-state index contributed by atoms with van der Waals surface area (Å²) in [4.78, 5) is 5.25. The van der Waals surface area contributed by atoms with Gasteiger partial charge in [-0.1, -0.05) is 0 Å². The predicted molar refractivity (Wildman–Crippen MR) is 99.7 cm³/mol. The molecule has 0 atom stereocenters. The van der Waals surface area contributed by atoms with E-state index in [0.717, 1.165) is 17.0 Å². The first-order valence-electron chi connectivity index (χ1n) is 8.14. The van der Waals surface area contributed by atoms with Crippen molar-refractivity contribution in [3.05, 3.63) is 58.7 Å². The number of methoxy groups -OCH3 is 1. The highest BCUT2D eigenvalue weighted by Gasteiger charge is 2.09. The Morgan fingerprint density at radius 1 is 1.07 bits per heavy atom. The second kappa shape index (κ2) is 10.4. The molecular weight excluding hydrogens is 454 g/mol. The van der Waals surface area contributed by atoms with Gasteiger partial charge in [-0.2, -0.15) is 8.78 Å². The lowest BCUT2D eigenvalue weighted by atomic mass is 10.1. The minimum Gasteiger partial charge on any atom is -1.00 e. The Morgan fingerprint density at radius 3 is 2.29 bits per heavy atom. The van der Waals surface area contributed by atoms with Crippen LogP contribution in [0, 0.1) is 0 Å². The van der Waals surface area contributed by atoms with Crippen molar-refractivity contribution >= 4 is 17.0 Å². The Bertz CT molecular complexity index is 941. The van der Waals surface area contributed by atoms with Crippen molar-refractivity contribution in [2.45, 2.75) is 13.2 Å². The van der Waals surface area contributed by atoms with Gasteiger partial charge in [0.05, 0.1) is 25.1 Å². The number of hydrogen-bond donors (Lipinski definition) is 1. The van der Waals surface area contributed by atoms with Gasteiger partial charge in [-0.25, -0.2) is 4.99 Å². The van der Waals surface area contributed by atoms with E-state index in [2.05, 4.69) is 9.73 Å². The van der Waals surface area contributed by atoms with E-state index < -0.39 is 6.61 Å². The van der Waals surface area contributed by atoms with E-state index >= 15 is 0 Å². The molecule has 28 heavy (non-hydrogen) atoms. The fraction of sp³-hybridized carbons (Fsp3) is 0.211. The lowest BCUT2D eigenvalue weighted by Crippen LogP contribution is -3.00. The van der Waals surface area contributed by atoms with Gasteiger partial charge in [0.1, 0.15) is 11.5 Å². The summed E-state index contributed by atoms with van der Waals surface area (Å²) >= 11 is 1.43. The number of halogens is 3. The van der Waals surface area contributed by atoms with E-state index in [4.69, 9.17) is 4.74 Å². The van der Waals surface area contributed by atoms with Gasteiger partial charge in [-0.3, -0.25) is 0 Å². The topological polar surface area (TPSA) is 56.0 Å². The molecule has 9 heteroatoms. The molecular formula is C19H18BrF2N2O3S-. The van der Waals surface area contributed by atoms with Crippen molar-refractivity contribution in [2.24, 2.45) is 4.99 Å². The Morgan fingerprint density at radius 2 is 1.71 bits per heavy atom. The highest BCUT2D eigenvalue weighted by atomic mass is 79.9. The molecule has 3 rings (SSSR count). The fourth-order valence-electron chi connectivity index (χ4n) is 2.54. The van der Waals surface area contributed by atoms with Crippen molar-refractivity contribution in [3.63, 3.8) is 0 Å². The third kappa shape index (κ3) is 5.40. The average molecular weight is 472 g/mol. The number of aliphatic hydroxyl groups is 1. The third-order valence-electron chi connectivity index (χ3n) is 3.79. The number of alkyl halides is 2. The number of nitrogens with zero attached hydrogens (tertiary/aromatic N) is 2. The summed E-state index contributed by atoms with van der Waals surface area (Å²) in [5, 5.41) is 11.4. The summed E-state index contributed by atoms with van der Waals surface area (Å²) in [6, 6.07) is 13.7. The molecule has 0 spiro atoms. The maximum absolute atomic E-state index is 12.2. The molecule has 0 saturated heterocycles. The fourth-order valence-corrected chi connectivity index (χ4v) is 3.50. The molecule has 3 aromatic rings. The monoisotopic (exact) mass is 471 g/mol. The van der Waals surface area contributed by atoms with Crippen LogP contribution in [0.3, 0.4) is 0 Å². The molecule has 0 aliphatic heterocycles. The number of ether oxygens (including phenoxy) is 2. The molecule has 5 nitrogen and oxygen atoms in total. The predicted octanol–water partition coefficient (Wildman–Crippen LogP) is 1.06. The highest BCUT2D eigenvalue weighted by Crippen LogP contribution is 2.24. The Labute approximate surface area is 175 Å². The average Bonchev–Trinajstić information content (AvgIpc) is 3.06. The van der Waals surface area contributed by atoms with Crippen molar-refractivity contribution in [1.29, 1.82) is 0 Å². The Balaban J connectivity index is 0.00000280. The molecule has 150 valence electrons. The van der Waals surface area contributed by atoms with Crippen molar-refractivity contribution < 1.29 is 40.3 Å². The SMILES string of the molecule is COc1ccc(-c2csc(=Nc3ccc(OC(F)F)cc3)n2CCO)cc1.[Br-]. The summed E-state index contributed by atoms with van der Waals surface area (Å²) < 4.78 is 35.9. The van der Waals surface area contributed by atoms with Crippen LogP contribution < -0.4 is 31.3 Å². The molecule has 1 N–H and O–H groups in total. The maximum Gasteiger partial charge on any atom is 0.387 e. The van der Waals surface area contributed by atoms with Gasteiger partial charge >= 0.3 is 6.61 Å². The molecule has 0 aliphatic carbocycles. The van der Waals surface area contributed by atoms with Crippen LogP contribution in [0.5, 0.6) is 11.5 Å². The number of rotatable bonds is 7. The lowest BCUT2D eigenvalue weighted by Gasteiger charge is -2.08. The zero-order valence-corrected chi connectivity index (χ0v) is 17.3. The normalized spacial score (nSPS) is 11.4. The summed E-state index contributed by atoms with van der Waals surface area (Å²) in [6.07, 6.45) is 0. The van der Waals surface area contributed by atoms with E-state index in [-0.39, 0.29) is 29.3 Å². The Hall–Kier alpha value is -2.23. The number of aliphatic hydroxyl groups excluding tert-OH is 1. The minimum absolute atomic E-state index is 0.